The van der Waals surface area contributed by atoms with Crippen LogP contribution in [0.5, 0.6) is 17.2 Å². The first-order valence-corrected chi connectivity index (χ1v) is 15.3. The predicted molar refractivity (Wildman–Crippen MR) is 173 cm³/mol. The molecule has 12 heteroatoms. The van der Waals surface area contributed by atoms with E-state index < -0.39 is 22.5 Å². The molecule has 11 nitrogen and oxygen atoms in total. The van der Waals surface area contributed by atoms with Gasteiger partial charge in [-0.1, -0.05) is 35.4 Å². The van der Waals surface area contributed by atoms with Gasteiger partial charge in [0.2, 0.25) is 0 Å². The minimum absolute atomic E-state index is 0.0769. The van der Waals surface area contributed by atoms with Crippen molar-refractivity contribution >= 4 is 39.4 Å². The highest BCUT2D eigenvalue weighted by atomic mass is 32.2. The highest BCUT2D eigenvalue weighted by Gasteiger charge is 2.28. The van der Waals surface area contributed by atoms with Gasteiger partial charge in [0.05, 0.1) is 31.0 Å². The zero-order valence-corrected chi connectivity index (χ0v) is 26.1. The van der Waals surface area contributed by atoms with Crippen molar-refractivity contribution in [2.24, 2.45) is 5.10 Å². The normalized spacial score (nSPS) is 11.1. The van der Waals surface area contributed by atoms with Crippen molar-refractivity contribution in [3.05, 3.63) is 108 Å². The highest BCUT2D eigenvalue weighted by Crippen LogP contribution is 2.32. The number of hydrogen-bond acceptors (Lipinski definition) is 8. The molecule has 2 N–H and O–H groups in total. The van der Waals surface area contributed by atoms with Gasteiger partial charge in [-0.25, -0.2) is 13.8 Å². The number of methoxy groups -OCH3 is 2. The predicted octanol–water partition coefficient (Wildman–Crippen LogP) is 4.68. The largest absolute Gasteiger partial charge is 0.493 e. The Hall–Kier alpha value is -5.36. The number of carbonyl (C=O) groups excluding carboxylic acids is 2. The summed E-state index contributed by atoms with van der Waals surface area (Å²) in [6, 6.07) is 25.1. The maximum atomic E-state index is 13.7. The topological polar surface area (TPSA) is 136 Å². The summed E-state index contributed by atoms with van der Waals surface area (Å²) in [5.74, 6) is 0.131. The lowest BCUT2D eigenvalue weighted by molar-refractivity contribution is -0.119. The quantitative estimate of drug-likeness (QED) is 0.162. The first-order valence-electron chi connectivity index (χ1n) is 13.8. The number of anilines is 2. The number of benzene rings is 4. The number of nitrogens with one attached hydrogen (secondary N) is 2. The molecule has 4 rings (SSSR count). The van der Waals surface area contributed by atoms with E-state index in [0.29, 0.717) is 28.4 Å². The van der Waals surface area contributed by atoms with Gasteiger partial charge in [0.15, 0.2) is 18.1 Å². The standard InChI is InChI=1S/C33H34N4O7S/c1-23-5-11-26(12-6-23)35-33(39)22-44-28-15-9-25(10-16-28)20-34-36-32(38)21-37(27-13-7-24(2)8-14-27)45(40,41)29-17-18-30(42-3)31(19-29)43-4/h5-20H,21-22H2,1-4H3,(H,35,39)(H,36,38)/b34-20-. The molecule has 0 fully saturated rings. The number of ether oxygens (including phenoxy) is 3. The van der Waals surface area contributed by atoms with E-state index >= 15 is 0 Å². The molecule has 0 aliphatic carbocycles. The maximum Gasteiger partial charge on any atom is 0.264 e. The molecule has 45 heavy (non-hydrogen) atoms. The third kappa shape index (κ3) is 8.83. The second-order valence-corrected chi connectivity index (χ2v) is 11.8. The third-order valence-corrected chi connectivity index (χ3v) is 8.31. The van der Waals surface area contributed by atoms with Crippen molar-refractivity contribution in [1.82, 2.24) is 5.43 Å². The monoisotopic (exact) mass is 630 g/mol. The number of sulfonamides is 1. The first-order chi connectivity index (χ1) is 21.6. The van der Waals surface area contributed by atoms with Crippen molar-refractivity contribution in [2.75, 3.05) is 37.0 Å². The molecule has 2 amide bonds. The highest BCUT2D eigenvalue weighted by molar-refractivity contribution is 7.92. The molecule has 0 atom stereocenters. The summed E-state index contributed by atoms with van der Waals surface area (Å²) >= 11 is 0. The maximum absolute atomic E-state index is 13.7. The number of hydrogen-bond donors (Lipinski definition) is 2. The Labute approximate surface area is 262 Å². The number of carbonyl (C=O) groups is 2. The molecule has 234 valence electrons. The molecule has 0 aliphatic rings. The lowest BCUT2D eigenvalue weighted by Crippen LogP contribution is -2.39. The summed E-state index contributed by atoms with van der Waals surface area (Å²) in [6.07, 6.45) is 1.41. The first kappa shape index (κ1) is 32.6. The average Bonchev–Trinajstić information content (AvgIpc) is 3.04. The van der Waals surface area contributed by atoms with Crippen LogP contribution in [0, 0.1) is 13.8 Å². The fourth-order valence-electron chi connectivity index (χ4n) is 4.11. The summed E-state index contributed by atoms with van der Waals surface area (Å²) in [5.41, 5.74) is 6.03. The van der Waals surface area contributed by atoms with Crippen molar-refractivity contribution in [3.63, 3.8) is 0 Å². The van der Waals surface area contributed by atoms with Crippen LogP contribution in [0.3, 0.4) is 0 Å². The third-order valence-electron chi connectivity index (χ3n) is 6.54. The number of hydrazone groups is 1. The molecule has 4 aromatic rings. The Kier molecular flexibility index (Phi) is 10.8. The van der Waals surface area contributed by atoms with Crippen LogP contribution in [0.2, 0.25) is 0 Å². The van der Waals surface area contributed by atoms with Gasteiger partial charge in [0, 0.05) is 11.8 Å². The van der Waals surface area contributed by atoms with Crippen LogP contribution in [0.1, 0.15) is 16.7 Å². The molecule has 0 radical (unpaired) electrons. The van der Waals surface area contributed by atoms with Crippen LogP contribution >= 0.6 is 0 Å². The van der Waals surface area contributed by atoms with Crippen molar-refractivity contribution in [1.29, 1.82) is 0 Å². The van der Waals surface area contributed by atoms with Gasteiger partial charge in [-0.15, -0.1) is 0 Å². The van der Waals surface area contributed by atoms with E-state index in [1.54, 1.807) is 48.5 Å². The number of rotatable bonds is 13. The number of aryl methyl sites for hydroxylation is 2. The van der Waals surface area contributed by atoms with Crippen LogP contribution < -0.4 is 29.3 Å². The molecule has 0 bridgehead atoms. The lowest BCUT2D eigenvalue weighted by atomic mass is 10.2. The molecule has 0 aliphatic heterocycles. The molecule has 0 saturated heterocycles. The van der Waals surface area contributed by atoms with E-state index in [1.807, 2.05) is 38.1 Å². The van der Waals surface area contributed by atoms with Crippen LogP contribution in [0.25, 0.3) is 0 Å². The Morgan fingerprint density at radius 3 is 2.04 bits per heavy atom. The van der Waals surface area contributed by atoms with Gasteiger partial charge in [-0.2, -0.15) is 5.10 Å². The zero-order chi connectivity index (χ0) is 32.4. The van der Waals surface area contributed by atoms with Crippen LogP contribution in [0.15, 0.2) is 101 Å². The molecule has 0 spiro atoms. The summed E-state index contributed by atoms with van der Waals surface area (Å²) in [7, 11) is -1.33. The summed E-state index contributed by atoms with van der Waals surface area (Å²) < 4.78 is 44.5. The van der Waals surface area contributed by atoms with E-state index in [4.69, 9.17) is 14.2 Å². The van der Waals surface area contributed by atoms with Crippen LogP contribution in [-0.4, -0.2) is 53.8 Å². The molecule has 0 heterocycles. The fourth-order valence-corrected chi connectivity index (χ4v) is 5.54. The second kappa shape index (κ2) is 14.9. The van der Waals surface area contributed by atoms with Gasteiger partial charge in [-0.05, 0) is 80.1 Å². The summed E-state index contributed by atoms with van der Waals surface area (Å²) in [5, 5.41) is 6.74. The van der Waals surface area contributed by atoms with Crippen molar-refractivity contribution < 1.29 is 32.2 Å². The van der Waals surface area contributed by atoms with Crippen LogP contribution in [0.4, 0.5) is 11.4 Å². The smallest absolute Gasteiger partial charge is 0.264 e. The summed E-state index contributed by atoms with van der Waals surface area (Å²) in [4.78, 5) is 25.0. The van der Waals surface area contributed by atoms with E-state index in [9.17, 15) is 18.0 Å². The minimum Gasteiger partial charge on any atom is -0.493 e. The van der Waals surface area contributed by atoms with Gasteiger partial charge in [0.1, 0.15) is 12.3 Å². The fraction of sp³-hybridized carbons (Fsp3) is 0.182. The van der Waals surface area contributed by atoms with E-state index in [0.717, 1.165) is 15.4 Å². The van der Waals surface area contributed by atoms with E-state index in [-0.39, 0.29) is 23.2 Å². The SMILES string of the molecule is COc1ccc(S(=O)(=O)N(CC(=O)N/N=C\c2ccc(OCC(=O)Nc3ccc(C)cc3)cc2)c2ccc(C)cc2)cc1OC. The van der Waals surface area contributed by atoms with Gasteiger partial charge >= 0.3 is 0 Å². The Morgan fingerprint density at radius 2 is 1.42 bits per heavy atom. The number of amides is 2. The van der Waals surface area contributed by atoms with Crippen molar-refractivity contribution in [3.8, 4) is 17.2 Å². The van der Waals surface area contributed by atoms with Gasteiger partial charge < -0.3 is 19.5 Å². The molecule has 0 aromatic heterocycles. The Morgan fingerprint density at radius 1 is 0.800 bits per heavy atom. The average molecular weight is 631 g/mol. The molecule has 0 saturated carbocycles. The molecule has 4 aromatic carbocycles. The zero-order valence-electron chi connectivity index (χ0n) is 25.3. The Balaban J connectivity index is 1.38. The minimum atomic E-state index is -4.19. The van der Waals surface area contributed by atoms with Crippen LogP contribution in [-0.2, 0) is 19.6 Å². The second-order valence-electron chi connectivity index (χ2n) is 9.93. The molecule has 0 unspecified atom stereocenters. The Bertz CT molecular complexity index is 1760. The van der Waals surface area contributed by atoms with E-state index in [2.05, 4.69) is 15.8 Å². The van der Waals surface area contributed by atoms with E-state index in [1.165, 1.54) is 38.6 Å². The number of nitrogens with zero attached hydrogens (tertiary/aromatic N) is 2. The van der Waals surface area contributed by atoms with Gasteiger partial charge in [0.25, 0.3) is 21.8 Å². The lowest BCUT2D eigenvalue weighted by Gasteiger charge is -2.24. The molecular formula is C33H34N4O7S. The molecular weight excluding hydrogens is 596 g/mol. The van der Waals surface area contributed by atoms with Gasteiger partial charge in [-0.3, -0.25) is 13.9 Å². The van der Waals surface area contributed by atoms with Crippen molar-refractivity contribution in [2.45, 2.75) is 18.7 Å². The summed E-state index contributed by atoms with van der Waals surface area (Å²) in [6.45, 7) is 3.14.